The van der Waals surface area contributed by atoms with Crippen molar-refractivity contribution in [1.82, 2.24) is 0 Å². The van der Waals surface area contributed by atoms with E-state index in [9.17, 15) is 0 Å². The Morgan fingerprint density at radius 3 is 1.42 bits per heavy atom. The molecule has 0 radical (unpaired) electrons. The molecule has 0 N–H and O–H groups in total. The number of rotatable bonds is 9. The third kappa shape index (κ3) is 6.74. The fourth-order valence-corrected chi connectivity index (χ4v) is 9.04. The summed E-state index contributed by atoms with van der Waals surface area (Å²) >= 11 is 0. The van der Waals surface area contributed by atoms with Gasteiger partial charge in [-0.2, -0.15) is 0 Å². The van der Waals surface area contributed by atoms with Gasteiger partial charge in [-0.15, -0.1) is 0 Å². The number of hydrogen-bond acceptors (Lipinski definition) is 2. The summed E-state index contributed by atoms with van der Waals surface area (Å²) in [4.78, 5) is 2.46. The van der Waals surface area contributed by atoms with Gasteiger partial charge < -0.3 is 9.32 Å². The van der Waals surface area contributed by atoms with Gasteiger partial charge in [0, 0.05) is 27.6 Å². The van der Waals surface area contributed by atoms with Crippen molar-refractivity contribution in [2.45, 2.75) is 0 Å². The Hall–Kier alpha value is -8.20. The summed E-state index contributed by atoms with van der Waals surface area (Å²) in [5, 5.41) is 2.25. The standard InChI is InChI=1S/C60H41NO/c1-4-18-42(19-5-1)43-34-36-46(37-35-43)50-25-12-14-30-55(50)61(48-40-38-47(39-41-48)52-29-17-33-58-60(52)54-27-13-15-32-57(54)62-58)56-31-16-28-51(45-22-8-3-9-23-45)59(56)53-26-11-10-24-49(53)44-20-6-2-7-21-44/h1-41H. The van der Waals surface area contributed by atoms with Crippen molar-refractivity contribution >= 4 is 39.0 Å². The van der Waals surface area contributed by atoms with E-state index in [-0.39, 0.29) is 0 Å². The lowest BCUT2D eigenvalue weighted by molar-refractivity contribution is 0.669. The number of para-hydroxylation sites is 2. The molecule has 292 valence electrons. The molecule has 0 spiro atoms. The molecule has 0 aliphatic carbocycles. The van der Waals surface area contributed by atoms with Crippen LogP contribution < -0.4 is 4.90 Å². The molecule has 0 saturated heterocycles. The SMILES string of the molecule is c1ccc(-c2ccc(-c3ccccc3N(c3ccc(-c4cccc5oc6ccccc6c45)cc3)c3cccc(-c4ccccc4)c3-c3ccccc3-c3ccccc3)cc2)cc1. The zero-order chi connectivity index (χ0) is 41.2. The predicted molar refractivity (Wildman–Crippen MR) is 261 cm³/mol. The van der Waals surface area contributed by atoms with Gasteiger partial charge in [0.2, 0.25) is 0 Å². The largest absolute Gasteiger partial charge is 0.456 e. The first-order valence-electron chi connectivity index (χ1n) is 21.2. The van der Waals surface area contributed by atoms with Crippen LogP contribution in [0, 0.1) is 0 Å². The average Bonchev–Trinajstić information content (AvgIpc) is 3.75. The summed E-state index contributed by atoms with van der Waals surface area (Å²) in [6.07, 6.45) is 0. The number of nitrogens with zero attached hydrogens (tertiary/aromatic N) is 1. The summed E-state index contributed by atoms with van der Waals surface area (Å²) in [5.41, 5.74) is 18.9. The van der Waals surface area contributed by atoms with Gasteiger partial charge >= 0.3 is 0 Å². The van der Waals surface area contributed by atoms with E-state index in [1.165, 1.54) is 22.3 Å². The summed E-state index contributed by atoms with van der Waals surface area (Å²) in [7, 11) is 0. The molecule has 62 heavy (non-hydrogen) atoms. The summed E-state index contributed by atoms with van der Waals surface area (Å²) < 4.78 is 6.32. The molecule has 11 aromatic rings. The van der Waals surface area contributed by atoms with E-state index in [0.29, 0.717) is 0 Å². The molecule has 2 nitrogen and oxygen atoms in total. The van der Waals surface area contributed by atoms with Crippen LogP contribution in [0.4, 0.5) is 17.1 Å². The van der Waals surface area contributed by atoms with Crippen LogP contribution in [0.25, 0.3) is 88.7 Å². The molecule has 0 atom stereocenters. The highest BCUT2D eigenvalue weighted by molar-refractivity contribution is 6.12. The van der Waals surface area contributed by atoms with Gasteiger partial charge in [-0.1, -0.05) is 212 Å². The monoisotopic (exact) mass is 791 g/mol. The molecule has 2 heteroatoms. The number of benzene rings is 10. The number of furan rings is 1. The second kappa shape index (κ2) is 16.1. The Morgan fingerprint density at radius 1 is 0.258 bits per heavy atom. The minimum Gasteiger partial charge on any atom is -0.456 e. The Labute approximate surface area is 362 Å². The predicted octanol–water partition coefficient (Wildman–Crippen LogP) is 17.1. The molecular formula is C60H41NO. The molecule has 1 heterocycles. The van der Waals surface area contributed by atoms with Crippen LogP contribution in [0.2, 0.25) is 0 Å². The van der Waals surface area contributed by atoms with Crippen molar-refractivity contribution in [1.29, 1.82) is 0 Å². The van der Waals surface area contributed by atoms with Gasteiger partial charge in [0.25, 0.3) is 0 Å². The molecule has 10 aromatic carbocycles. The van der Waals surface area contributed by atoms with Crippen LogP contribution >= 0.6 is 0 Å². The van der Waals surface area contributed by atoms with Crippen molar-refractivity contribution in [3.63, 3.8) is 0 Å². The van der Waals surface area contributed by atoms with Gasteiger partial charge in [0.05, 0.1) is 11.4 Å². The smallest absolute Gasteiger partial charge is 0.136 e. The van der Waals surface area contributed by atoms with E-state index in [0.717, 1.165) is 83.5 Å². The van der Waals surface area contributed by atoms with Crippen molar-refractivity contribution < 1.29 is 4.42 Å². The first-order valence-corrected chi connectivity index (χ1v) is 21.2. The van der Waals surface area contributed by atoms with Crippen LogP contribution in [0.3, 0.4) is 0 Å². The first kappa shape index (κ1) is 36.8. The van der Waals surface area contributed by atoms with Crippen molar-refractivity contribution in [3.05, 3.63) is 249 Å². The number of fused-ring (bicyclic) bond motifs is 3. The summed E-state index contributed by atoms with van der Waals surface area (Å²) in [6, 6.07) is 89.2. The van der Waals surface area contributed by atoms with Crippen molar-refractivity contribution in [3.8, 4) is 66.8 Å². The Balaban J connectivity index is 1.15. The average molecular weight is 792 g/mol. The van der Waals surface area contributed by atoms with Crippen LogP contribution in [0.1, 0.15) is 0 Å². The van der Waals surface area contributed by atoms with Crippen LogP contribution in [-0.2, 0) is 0 Å². The molecule has 1 aromatic heterocycles. The lowest BCUT2D eigenvalue weighted by Crippen LogP contribution is -2.13. The van der Waals surface area contributed by atoms with Crippen molar-refractivity contribution in [2.75, 3.05) is 4.90 Å². The summed E-state index contributed by atoms with van der Waals surface area (Å²) in [5.74, 6) is 0. The zero-order valence-corrected chi connectivity index (χ0v) is 34.0. The Kier molecular flexibility index (Phi) is 9.57. The minimum atomic E-state index is 0.890. The fourth-order valence-electron chi connectivity index (χ4n) is 9.04. The van der Waals surface area contributed by atoms with E-state index in [2.05, 4.69) is 241 Å². The molecule has 0 aliphatic heterocycles. The molecule has 0 aliphatic rings. The highest BCUT2D eigenvalue weighted by Gasteiger charge is 2.25. The second-order valence-electron chi connectivity index (χ2n) is 15.6. The molecule has 0 bridgehead atoms. The van der Waals surface area contributed by atoms with E-state index in [1.807, 2.05) is 12.1 Å². The first-order chi connectivity index (χ1) is 30.8. The van der Waals surface area contributed by atoms with Crippen molar-refractivity contribution in [2.24, 2.45) is 0 Å². The molecule has 11 rings (SSSR count). The highest BCUT2D eigenvalue weighted by atomic mass is 16.3. The van der Waals surface area contributed by atoms with Gasteiger partial charge in [0.1, 0.15) is 11.2 Å². The third-order valence-corrected chi connectivity index (χ3v) is 11.9. The lowest BCUT2D eigenvalue weighted by Gasteiger charge is -2.31. The van der Waals surface area contributed by atoms with Crippen LogP contribution in [0.5, 0.6) is 0 Å². The quantitative estimate of drug-likeness (QED) is 0.145. The summed E-state index contributed by atoms with van der Waals surface area (Å²) in [6.45, 7) is 0. The van der Waals surface area contributed by atoms with Gasteiger partial charge in [-0.05, 0) is 92.0 Å². The lowest BCUT2D eigenvalue weighted by atomic mass is 9.87. The van der Waals surface area contributed by atoms with E-state index < -0.39 is 0 Å². The van der Waals surface area contributed by atoms with Gasteiger partial charge in [-0.25, -0.2) is 0 Å². The van der Waals surface area contributed by atoms with Crippen LogP contribution in [-0.4, -0.2) is 0 Å². The van der Waals surface area contributed by atoms with Gasteiger partial charge in [0.15, 0.2) is 0 Å². The minimum absolute atomic E-state index is 0.890. The van der Waals surface area contributed by atoms with Gasteiger partial charge in [-0.3, -0.25) is 0 Å². The maximum atomic E-state index is 6.32. The van der Waals surface area contributed by atoms with E-state index in [4.69, 9.17) is 4.42 Å². The Bertz CT molecular complexity index is 3310. The molecule has 0 fully saturated rings. The molecular weight excluding hydrogens is 751 g/mol. The zero-order valence-electron chi connectivity index (χ0n) is 34.0. The maximum Gasteiger partial charge on any atom is 0.136 e. The second-order valence-corrected chi connectivity index (χ2v) is 15.6. The van der Waals surface area contributed by atoms with E-state index in [1.54, 1.807) is 0 Å². The molecule has 0 unspecified atom stereocenters. The number of hydrogen-bond donors (Lipinski definition) is 0. The third-order valence-electron chi connectivity index (χ3n) is 11.9. The maximum absolute atomic E-state index is 6.32. The molecule has 0 amide bonds. The number of anilines is 3. The normalized spacial score (nSPS) is 11.2. The molecule has 0 saturated carbocycles. The van der Waals surface area contributed by atoms with Crippen LogP contribution in [0.15, 0.2) is 253 Å². The Morgan fingerprint density at radius 2 is 0.694 bits per heavy atom. The highest BCUT2D eigenvalue weighted by Crippen LogP contribution is 2.50. The van der Waals surface area contributed by atoms with E-state index >= 15 is 0 Å². The fraction of sp³-hybridized carbons (Fsp3) is 0. The topological polar surface area (TPSA) is 16.4 Å².